The zero-order valence-electron chi connectivity index (χ0n) is 7.00. The molecule has 0 bridgehead atoms. The van der Waals surface area contributed by atoms with Crippen molar-refractivity contribution in [1.82, 2.24) is 10.2 Å². The van der Waals surface area contributed by atoms with Crippen molar-refractivity contribution in [3.05, 3.63) is 12.4 Å². The average molecular weight is 169 g/mol. The van der Waals surface area contributed by atoms with E-state index in [-0.39, 0.29) is 5.91 Å². The summed E-state index contributed by atoms with van der Waals surface area (Å²) in [6, 6.07) is 0. The molecule has 12 heavy (non-hydrogen) atoms. The third kappa shape index (κ3) is 2.06. The maximum atomic E-state index is 11.2. The molecule has 5 nitrogen and oxygen atoms in total. The summed E-state index contributed by atoms with van der Waals surface area (Å²) in [5, 5.41) is 8.88. The number of aromatic amines is 1. The van der Waals surface area contributed by atoms with E-state index in [1.54, 1.807) is 13.1 Å². The Kier molecular flexibility index (Phi) is 2.82. The molecular formula is C7H11N3O2. The predicted octanol–water partition coefficient (Wildman–Crippen LogP) is 0.383. The maximum absolute atomic E-state index is 11.2. The molecule has 0 aliphatic rings. The first-order chi connectivity index (χ1) is 5.74. The molecule has 0 aliphatic carbocycles. The molecule has 0 aromatic carbocycles. The van der Waals surface area contributed by atoms with Gasteiger partial charge in [0, 0.05) is 13.3 Å². The Morgan fingerprint density at radius 3 is 3.08 bits per heavy atom. The van der Waals surface area contributed by atoms with Gasteiger partial charge in [0.25, 0.3) is 5.91 Å². The molecule has 0 saturated carbocycles. The van der Waals surface area contributed by atoms with Gasteiger partial charge in [0.1, 0.15) is 6.10 Å². The van der Waals surface area contributed by atoms with Crippen molar-refractivity contribution in [2.24, 2.45) is 0 Å². The van der Waals surface area contributed by atoms with Gasteiger partial charge in [-0.2, -0.15) is 5.10 Å². The van der Waals surface area contributed by atoms with Crippen molar-refractivity contribution >= 4 is 11.6 Å². The van der Waals surface area contributed by atoms with Crippen molar-refractivity contribution < 1.29 is 9.53 Å². The van der Waals surface area contributed by atoms with Crippen LogP contribution in [0.1, 0.15) is 6.92 Å². The van der Waals surface area contributed by atoms with Gasteiger partial charge in [0.2, 0.25) is 0 Å². The molecule has 0 fully saturated rings. The maximum Gasteiger partial charge on any atom is 0.253 e. The number of H-pyrrole nitrogens is 1. The standard InChI is InChI=1S/C7H11N3O2/c1-5(12-2)7(11)10-6-3-8-9-4-6/h3-5H,1-2H3,(H,8,9)(H,10,11). The number of nitrogens with zero attached hydrogens (tertiary/aromatic N) is 1. The van der Waals surface area contributed by atoms with Gasteiger partial charge in [0.05, 0.1) is 11.9 Å². The number of anilines is 1. The third-order valence-corrected chi connectivity index (χ3v) is 1.49. The van der Waals surface area contributed by atoms with E-state index in [0.29, 0.717) is 5.69 Å². The lowest BCUT2D eigenvalue weighted by molar-refractivity contribution is -0.124. The fourth-order valence-corrected chi connectivity index (χ4v) is 0.670. The van der Waals surface area contributed by atoms with E-state index in [9.17, 15) is 4.79 Å². The van der Waals surface area contributed by atoms with E-state index in [2.05, 4.69) is 15.5 Å². The van der Waals surface area contributed by atoms with Crippen LogP contribution < -0.4 is 5.32 Å². The highest BCUT2D eigenvalue weighted by Crippen LogP contribution is 2.02. The van der Waals surface area contributed by atoms with Gasteiger partial charge in [-0.25, -0.2) is 0 Å². The molecule has 0 saturated heterocycles. The largest absolute Gasteiger partial charge is 0.372 e. The predicted molar refractivity (Wildman–Crippen MR) is 43.7 cm³/mol. The zero-order valence-corrected chi connectivity index (χ0v) is 7.00. The van der Waals surface area contributed by atoms with Gasteiger partial charge >= 0.3 is 0 Å². The van der Waals surface area contributed by atoms with Crippen LogP contribution in [0.5, 0.6) is 0 Å². The zero-order chi connectivity index (χ0) is 8.97. The monoisotopic (exact) mass is 169 g/mol. The molecule has 66 valence electrons. The van der Waals surface area contributed by atoms with Crippen molar-refractivity contribution in [3.8, 4) is 0 Å². The van der Waals surface area contributed by atoms with E-state index >= 15 is 0 Å². The second kappa shape index (κ2) is 3.87. The minimum Gasteiger partial charge on any atom is -0.372 e. The smallest absolute Gasteiger partial charge is 0.253 e. The van der Waals surface area contributed by atoms with Gasteiger partial charge in [0.15, 0.2) is 0 Å². The average Bonchev–Trinajstić information content (AvgIpc) is 2.55. The molecule has 2 N–H and O–H groups in total. The first-order valence-corrected chi connectivity index (χ1v) is 3.56. The molecule has 1 heterocycles. The number of carbonyl (C=O) groups excluding carboxylic acids is 1. The molecular weight excluding hydrogens is 158 g/mol. The second-order valence-electron chi connectivity index (χ2n) is 2.35. The van der Waals surface area contributed by atoms with E-state index in [0.717, 1.165) is 0 Å². The number of ether oxygens (including phenoxy) is 1. The lowest BCUT2D eigenvalue weighted by atomic mass is 10.3. The van der Waals surface area contributed by atoms with Crippen LogP contribution in [-0.2, 0) is 9.53 Å². The molecule has 5 heteroatoms. The van der Waals surface area contributed by atoms with Crippen molar-refractivity contribution in [1.29, 1.82) is 0 Å². The molecule has 0 radical (unpaired) electrons. The molecule has 1 amide bonds. The molecule has 1 aromatic rings. The van der Waals surface area contributed by atoms with Crippen LogP contribution in [0.3, 0.4) is 0 Å². The minimum absolute atomic E-state index is 0.182. The van der Waals surface area contributed by atoms with Crippen LogP contribution in [0.4, 0.5) is 5.69 Å². The highest BCUT2D eigenvalue weighted by Gasteiger charge is 2.11. The number of carbonyl (C=O) groups is 1. The summed E-state index contributed by atoms with van der Waals surface area (Å²) in [4.78, 5) is 11.2. The lowest BCUT2D eigenvalue weighted by Gasteiger charge is -2.07. The Balaban J connectivity index is 2.47. The number of aromatic nitrogens is 2. The molecule has 1 rings (SSSR count). The normalized spacial score (nSPS) is 12.5. The fraction of sp³-hybridized carbons (Fsp3) is 0.429. The van der Waals surface area contributed by atoms with Crippen molar-refractivity contribution in [2.45, 2.75) is 13.0 Å². The molecule has 0 spiro atoms. The van der Waals surface area contributed by atoms with Crippen LogP contribution in [0, 0.1) is 0 Å². The fourth-order valence-electron chi connectivity index (χ4n) is 0.670. The van der Waals surface area contributed by atoms with Gasteiger partial charge in [-0.15, -0.1) is 0 Å². The number of nitrogens with one attached hydrogen (secondary N) is 2. The lowest BCUT2D eigenvalue weighted by Crippen LogP contribution is -2.26. The number of rotatable bonds is 3. The van der Waals surface area contributed by atoms with Gasteiger partial charge in [-0.05, 0) is 6.92 Å². The second-order valence-corrected chi connectivity index (χ2v) is 2.35. The number of methoxy groups -OCH3 is 1. The number of hydrogen-bond donors (Lipinski definition) is 2. The SMILES string of the molecule is COC(C)C(=O)Nc1cn[nH]c1. The summed E-state index contributed by atoms with van der Waals surface area (Å²) in [6.07, 6.45) is 2.68. The van der Waals surface area contributed by atoms with Crippen LogP contribution in [0.15, 0.2) is 12.4 Å². The summed E-state index contributed by atoms with van der Waals surface area (Å²) < 4.78 is 4.82. The topological polar surface area (TPSA) is 67.0 Å². The summed E-state index contributed by atoms with van der Waals surface area (Å²) in [5.41, 5.74) is 0.643. The Labute approximate surface area is 70.1 Å². The molecule has 1 atom stereocenters. The van der Waals surface area contributed by atoms with Crippen molar-refractivity contribution in [3.63, 3.8) is 0 Å². The van der Waals surface area contributed by atoms with Crippen LogP contribution in [-0.4, -0.2) is 29.3 Å². The Morgan fingerprint density at radius 2 is 2.58 bits per heavy atom. The van der Waals surface area contributed by atoms with E-state index < -0.39 is 6.10 Å². The Bertz CT molecular complexity index is 245. The van der Waals surface area contributed by atoms with E-state index in [1.807, 2.05) is 0 Å². The number of amides is 1. The quantitative estimate of drug-likeness (QED) is 0.687. The summed E-state index contributed by atoms with van der Waals surface area (Å²) in [7, 11) is 1.49. The third-order valence-electron chi connectivity index (χ3n) is 1.49. The summed E-state index contributed by atoms with van der Waals surface area (Å²) in [6.45, 7) is 1.68. The van der Waals surface area contributed by atoms with E-state index in [1.165, 1.54) is 13.3 Å². The highest BCUT2D eigenvalue weighted by molar-refractivity contribution is 5.93. The Hall–Kier alpha value is -1.36. The minimum atomic E-state index is -0.445. The van der Waals surface area contributed by atoms with Crippen molar-refractivity contribution in [2.75, 3.05) is 12.4 Å². The number of hydrogen-bond acceptors (Lipinski definition) is 3. The molecule has 0 aliphatic heterocycles. The van der Waals surface area contributed by atoms with Gasteiger partial charge in [-0.3, -0.25) is 9.89 Å². The molecule has 1 aromatic heterocycles. The van der Waals surface area contributed by atoms with Gasteiger partial charge in [-0.1, -0.05) is 0 Å². The first-order valence-electron chi connectivity index (χ1n) is 3.56. The molecule has 1 unspecified atom stereocenters. The summed E-state index contributed by atoms with van der Waals surface area (Å²) >= 11 is 0. The Morgan fingerprint density at radius 1 is 1.83 bits per heavy atom. The van der Waals surface area contributed by atoms with Crippen LogP contribution >= 0.6 is 0 Å². The van der Waals surface area contributed by atoms with E-state index in [4.69, 9.17) is 4.74 Å². The first kappa shape index (κ1) is 8.73. The van der Waals surface area contributed by atoms with Crippen LogP contribution in [0.25, 0.3) is 0 Å². The van der Waals surface area contributed by atoms with Gasteiger partial charge < -0.3 is 10.1 Å². The highest BCUT2D eigenvalue weighted by atomic mass is 16.5. The summed E-state index contributed by atoms with van der Waals surface area (Å²) in [5.74, 6) is -0.182. The van der Waals surface area contributed by atoms with Crippen LogP contribution in [0.2, 0.25) is 0 Å².